The Balaban J connectivity index is 2.53. The number of amides is 1. The van der Waals surface area contributed by atoms with Crippen LogP contribution in [0.2, 0.25) is 0 Å². The lowest BCUT2D eigenvalue weighted by Gasteiger charge is -2.31. The molecule has 0 aromatic carbocycles. The van der Waals surface area contributed by atoms with E-state index in [0.717, 1.165) is 0 Å². The van der Waals surface area contributed by atoms with Crippen LogP contribution in [-0.2, 0) is 14.3 Å². The number of Topliss-reactive ketones (excluding diaryl/α,β-unsaturated/α-hetero) is 1. The maximum Gasteiger partial charge on any atom is 0.407 e. The molecule has 1 saturated heterocycles. The van der Waals surface area contributed by atoms with Gasteiger partial charge < -0.3 is 14.8 Å². The van der Waals surface area contributed by atoms with Gasteiger partial charge in [0, 0.05) is 12.5 Å². The monoisotopic (exact) mass is 243 g/mol. The maximum absolute atomic E-state index is 11.6. The molecule has 2 atom stereocenters. The Hall–Kier alpha value is -1.10. The van der Waals surface area contributed by atoms with Crippen LogP contribution in [0.5, 0.6) is 0 Å². The number of rotatable bonds is 2. The fraction of sp³-hybridized carbons (Fsp3) is 0.833. The summed E-state index contributed by atoms with van der Waals surface area (Å²) in [5.41, 5.74) is -0.536. The van der Waals surface area contributed by atoms with E-state index in [1.165, 1.54) is 0 Å². The first-order valence-electron chi connectivity index (χ1n) is 5.87. The quantitative estimate of drug-likeness (QED) is 0.798. The Morgan fingerprint density at radius 2 is 2.00 bits per heavy atom. The van der Waals surface area contributed by atoms with Crippen molar-refractivity contribution in [2.75, 3.05) is 13.2 Å². The highest BCUT2D eigenvalue weighted by molar-refractivity contribution is 5.80. The third-order valence-corrected chi connectivity index (χ3v) is 2.58. The number of alkyl carbamates (subject to hydrolysis) is 1. The van der Waals surface area contributed by atoms with Crippen molar-refractivity contribution < 1.29 is 19.1 Å². The predicted octanol–water partition coefficient (Wildman–Crippen LogP) is 1.51. The molecule has 1 N–H and O–H groups in total. The molecule has 0 bridgehead atoms. The molecule has 1 aliphatic rings. The van der Waals surface area contributed by atoms with Gasteiger partial charge in [0.2, 0.25) is 0 Å². The van der Waals surface area contributed by atoms with Gasteiger partial charge in [0.25, 0.3) is 0 Å². The van der Waals surface area contributed by atoms with Crippen LogP contribution in [0.4, 0.5) is 4.79 Å². The summed E-state index contributed by atoms with van der Waals surface area (Å²) in [7, 11) is 0. The van der Waals surface area contributed by atoms with Gasteiger partial charge in [0.1, 0.15) is 11.4 Å². The van der Waals surface area contributed by atoms with Gasteiger partial charge in [-0.3, -0.25) is 4.79 Å². The summed E-state index contributed by atoms with van der Waals surface area (Å²) in [5, 5.41) is 2.70. The zero-order valence-electron chi connectivity index (χ0n) is 10.9. The minimum atomic E-state index is -0.536. The summed E-state index contributed by atoms with van der Waals surface area (Å²) in [6, 6.07) is -0.281. The lowest BCUT2D eigenvalue weighted by molar-refractivity contribution is -0.124. The number of carbonyl (C=O) groups excluding carboxylic acids is 2. The largest absolute Gasteiger partial charge is 0.444 e. The standard InChI is InChI=1S/C12H21NO4/c1-8(14)9-5-6-16-7-10(9)13-11(15)17-12(2,3)4/h9-10H,5-7H2,1-4H3,(H,13,15)/t9-,10-/m1/s1. The highest BCUT2D eigenvalue weighted by atomic mass is 16.6. The molecule has 1 fully saturated rings. The second kappa shape index (κ2) is 5.49. The van der Waals surface area contributed by atoms with Crippen LogP contribution < -0.4 is 5.32 Å². The van der Waals surface area contributed by atoms with Crippen LogP contribution in [0.3, 0.4) is 0 Å². The smallest absolute Gasteiger partial charge is 0.407 e. The first-order valence-corrected chi connectivity index (χ1v) is 5.87. The van der Waals surface area contributed by atoms with E-state index in [9.17, 15) is 9.59 Å². The Morgan fingerprint density at radius 1 is 1.35 bits per heavy atom. The molecule has 1 amide bonds. The van der Waals surface area contributed by atoms with Crippen molar-refractivity contribution in [2.24, 2.45) is 5.92 Å². The van der Waals surface area contributed by atoms with E-state index in [0.29, 0.717) is 19.6 Å². The second-order valence-electron chi connectivity index (χ2n) is 5.33. The van der Waals surface area contributed by atoms with Gasteiger partial charge in [-0.1, -0.05) is 0 Å². The van der Waals surface area contributed by atoms with Crippen molar-refractivity contribution in [2.45, 2.75) is 45.8 Å². The molecule has 17 heavy (non-hydrogen) atoms. The highest BCUT2D eigenvalue weighted by Crippen LogP contribution is 2.17. The molecule has 1 rings (SSSR count). The fourth-order valence-electron chi connectivity index (χ4n) is 1.83. The summed E-state index contributed by atoms with van der Waals surface area (Å²) in [6.45, 7) is 7.87. The average molecular weight is 243 g/mol. The van der Waals surface area contributed by atoms with Crippen molar-refractivity contribution in [3.05, 3.63) is 0 Å². The first kappa shape index (κ1) is 14.0. The van der Waals surface area contributed by atoms with Crippen LogP contribution in [0.25, 0.3) is 0 Å². The van der Waals surface area contributed by atoms with E-state index in [2.05, 4.69) is 5.32 Å². The molecule has 0 spiro atoms. The third kappa shape index (κ3) is 4.73. The molecule has 1 aliphatic heterocycles. The second-order valence-corrected chi connectivity index (χ2v) is 5.33. The normalized spacial score (nSPS) is 25.2. The Morgan fingerprint density at radius 3 is 2.53 bits per heavy atom. The Kier molecular flexibility index (Phi) is 4.51. The van der Waals surface area contributed by atoms with Gasteiger partial charge in [0.15, 0.2) is 0 Å². The van der Waals surface area contributed by atoms with Crippen molar-refractivity contribution in [1.82, 2.24) is 5.32 Å². The maximum atomic E-state index is 11.6. The molecule has 0 aliphatic carbocycles. The number of hydrogen-bond acceptors (Lipinski definition) is 4. The summed E-state index contributed by atoms with van der Waals surface area (Å²) in [4.78, 5) is 23.0. The van der Waals surface area contributed by atoms with Crippen molar-refractivity contribution in [3.8, 4) is 0 Å². The Labute approximate surface area is 102 Å². The fourth-order valence-corrected chi connectivity index (χ4v) is 1.83. The van der Waals surface area contributed by atoms with Crippen LogP contribution in [0, 0.1) is 5.92 Å². The summed E-state index contributed by atoms with van der Waals surface area (Å²) < 4.78 is 10.4. The van der Waals surface area contributed by atoms with Crippen LogP contribution >= 0.6 is 0 Å². The number of hydrogen-bond donors (Lipinski definition) is 1. The van der Waals surface area contributed by atoms with Gasteiger partial charge >= 0.3 is 6.09 Å². The van der Waals surface area contributed by atoms with E-state index in [1.54, 1.807) is 27.7 Å². The van der Waals surface area contributed by atoms with Crippen LogP contribution in [0.15, 0.2) is 0 Å². The molecule has 0 aromatic heterocycles. The van der Waals surface area contributed by atoms with Crippen molar-refractivity contribution in [3.63, 3.8) is 0 Å². The first-order chi connectivity index (χ1) is 7.79. The Bertz CT molecular complexity index is 295. The minimum absolute atomic E-state index is 0.0781. The van der Waals surface area contributed by atoms with Gasteiger partial charge in [-0.05, 0) is 34.1 Å². The zero-order chi connectivity index (χ0) is 13.1. The summed E-state index contributed by atoms with van der Waals surface area (Å²) in [5.74, 6) is -0.0920. The number of nitrogens with one attached hydrogen (secondary N) is 1. The molecule has 0 unspecified atom stereocenters. The minimum Gasteiger partial charge on any atom is -0.444 e. The SMILES string of the molecule is CC(=O)[C@H]1CCOC[C@H]1NC(=O)OC(C)(C)C. The molecule has 1 heterocycles. The molecule has 0 aromatic rings. The van der Waals surface area contributed by atoms with Crippen molar-refractivity contribution >= 4 is 11.9 Å². The molecule has 5 heteroatoms. The number of ether oxygens (including phenoxy) is 2. The van der Waals surface area contributed by atoms with E-state index >= 15 is 0 Å². The molecule has 0 radical (unpaired) electrons. The zero-order valence-corrected chi connectivity index (χ0v) is 10.9. The number of carbonyl (C=O) groups is 2. The average Bonchev–Trinajstić information content (AvgIpc) is 2.14. The molecule has 5 nitrogen and oxygen atoms in total. The predicted molar refractivity (Wildman–Crippen MR) is 62.8 cm³/mol. The van der Waals surface area contributed by atoms with Crippen LogP contribution in [-0.4, -0.2) is 36.7 Å². The van der Waals surface area contributed by atoms with Gasteiger partial charge in [-0.15, -0.1) is 0 Å². The van der Waals surface area contributed by atoms with E-state index in [1.807, 2.05) is 0 Å². The van der Waals surface area contributed by atoms with Gasteiger partial charge in [-0.2, -0.15) is 0 Å². The lowest BCUT2D eigenvalue weighted by atomic mass is 9.91. The van der Waals surface area contributed by atoms with E-state index in [-0.39, 0.29) is 17.7 Å². The topological polar surface area (TPSA) is 64.6 Å². The molecule has 98 valence electrons. The van der Waals surface area contributed by atoms with Gasteiger partial charge in [0.05, 0.1) is 12.6 Å². The van der Waals surface area contributed by atoms with E-state index < -0.39 is 11.7 Å². The molecule has 0 saturated carbocycles. The van der Waals surface area contributed by atoms with E-state index in [4.69, 9.17) is 9.47 Å². The summed E-state index contributed by atoms with van der Waals surface area (Å²) >= 11 is 0. The van der Waals surface area contributed by atoms with Crippen molar-refractivity contribution in [1.29, 1.82) is 0 Å². The lowest BCUT2D eigenvalue weighted by Crippen LogP contribution is -2.50. The highest BCUT2D eigenvalue weighted by Gasteiger charge is 2.31. The van der Waals surface area contributed by atoms with Gasteiger partial charge in [-0.25, -0.2) is 4.79 Å². The van der Waals surface area contributed by atoms with Crippen LogP contribution in [0.1, 0.15) is 34.1 Å². The summed E-state index contributed by atoms with van der Waals surface area (Å²) in [6.07, 6.45) is 0.148. The molecular formula is C12H21NO4. The number of ketones is 1. The molecular weight excluding hydrogens is 222 g/mol. The third-order valence-electron chi connectivity index (χ3n) is 2.58.